The summed E-state index contributed by atoms with van der Waals surface area (Å²) in [6.07, 6.45) is -0.247. The van der Waals surface area contributed by atoms with E-state index in [9.17, 15) is 9.59 Å². The van der Waals surface area contributed by atoms with Crippen LogP contribution in [0.25, 0.3) is 0 Å². The Kier molecular flexibility index (Phi) is 7.05. The maximum atomic E-state index is 12.1. The van der Waals surface area contributed by atoms with Crippen LogP contribution >= 0.6 is 0 Å². The molecule has 27 heavy (non-hydrogen) atoms. The summed E-state index contributed by atoms with van der Waals surface area (Å²) in [6.45, 7) is 3.87. The fourth-order valence-corrected chi connectivity index (χ4v) is 2.34. The molecule has 0 bridgehead atoms. The molecule has 0 aromatic heterocycles. The monoisotopic (exact) mass is 372 g/mol. The molecule has 0 aliphatic heterocycles. The Morgan fingerprint density at radius 2 is 1.52 bits per heavy atom. The number of nitrogens with one attached hydrogen (secondary N) is 2. The van der Waals surface area contributed by atoms with Crippen LogP contribution in [0, 0.1) is 0 Å². The maximum absolute atomic E-state index is 12.1. The van der Waals surface area contributed by atoms with E-state index in [0.29, 0.717) is 28.6 Å². The molecular weight excluding hydrogens is 348 g/mol. The lowest BCUT2D eigenvalue weighted by molar-refractivity contribution is -0.123. The number of amides is 2. The van der Waals surface area contributed by atoms with E-state index in [4.69, 9.17) is 14.2 Å². The first kappa shape index (κ1) is 20.1. The number of methoxy groups -OCH3 is 2. The first-order chi connectivity index (χ1) is 12.9. The molecule has 0 radical (unpaired) electrons. The molecule has 0 atom stereocenters. The molecule has 0 saturated heterocycles. The number of hydrogen-bond acceptors (Lipinski definition) is 5. The van der Waals surface area contributed by atoms with Crippen LogP contribution in [0.5, 0.6) is 17.2 Å². The summed E-state index contributed by atoms with van der Waals surface area (Å²) in [5.41, 5.74) is 1.05. The van der Waals surface area contributed by atoms with Crippen molar-refractivity contribution in [2.45, 2.75) is 26.4 Å². The van der Waals surface area contributed by atoms with Crippen molar-refractivity contribution < 1.29 is 23.8 Å². The Balaban J connectivity index is 1.91. The lowest BCUT2D eigenvalue weighted by Gasteiger charge is -2.12. The van der Waals surface area contributed by atoms with E-state index in [1.54, 1.807) is 49.6 Å². The summed E-state index contributed by atoms with van der Waals surface area (Å²) >= 11 is 0. The van der Waals surface area contributed by atoms with Crippen molar-refractivity contribution >= 4 is 23.2 Å². The third kappa shape index (κ3) is 6.22. The zero-order valence-electron chi connectivity index (χ0n) is 15.9. The molecule has 7 nitrogen and oxygen atoms in total. The number of hydrogen-bond donors (Lipinski definition) is 2. The average molecular weight is 372 g/mol. The second-order valence-corrected chi connectivity index (χ2v) is 6.03. The lowest BCUT2D eigenvalue weighted by Crippen LogP contribution is -2.21. The van der Waals surface area contributed by atoms with Gasteiger partial charge in [0.05, 0.1) is 26.0 Å². The predicted molar refractivity (Wildman–Crippen MR) is 104 cm³/mol. The van der Waals surface area contributed by atoms with Gasteiger partial charge in [-0.05, 0) is 50.2 Å². The van der Waals surface area contributed by atoms with Gasteiger partial charge in [-0.25, -0.2) is 0 Å². The van der Waals surface area contributed by atoms with Crippen molar-refractivity contribution in [2.75, 3.05) is 24.9 Å². The SMILES string of the molecule is COc1ccc(NC(=O)CC(=O)Nc2ccc(OC(C)C)cc2)c(OC)c1. The molecule has 2 aromatic carbocycles. The van der Waals surface area contributed by atoms with Crippen LogP contribution in [-0.4, -0.2) is 32.1 Å². The van der Waals surface area contributed by atoms with Crippen molar-refractivity contribution in [1.29, 1.82) is 0 Å². The highest BCUT2D eigenvalue weighted by Gasteiger charge is 2.13. The third-order valence-electron chi connectivity index (χ3n) is 3.51. The van der Waals surface area contributed by atoms with E-state index in [1.807, 2.05) is 13.8 Å². The maximum Gasteiger partial charge on any atom is 0.233 e. The predicted octanol–water partition coefficient (Wildman–Crippen LogP) is 3.46. The zero-order valence-corrected chi connectivity index (χ0v) is 15.9. The minimum atomic E-state index is -0.448. The molecule has 0 saturated carbocycles. The lowest BCUT2D eigenvalue weighted by atomic mass is 10.2. The topological polar surface area (TPSA) is 85.9 Å². The Morgan fingerprint density at radius 3 is 2.11 bits per heavy atom. The number of anilines is 2. The summed E-state index contributed by atoms with van der Waals surface area (Å²) in [6, 6.07) is 12.0. The van der Waals surface area contributed by atoms with Gasteiger partial charge in [0.1, 0.15) is 23.7 Å². The highest BCUT2D eigenvalue weighted by atomic mass is 16.5. The Morgan fingerprint density at radius 1 is 0.889 bits per heavy atom. The second-order valence-electron chi connectivity index (χ2n) is 6.03. The molecule has 0 unspecified atom stereocenters. The van der Waals surface area contributed by atoms with Crippen molar-refractivity contribution in [3.05, 3.63) is 42.5 Å². The number of carbonyl (C=O) groups is 2. The van der Waals surface area contributed by atoms with E-state index in [0.717, 1.165) is 0 Å². The van der Waals surface area contributed by atoms with Gasteiger partial charge in [-0.1, -0.05) is 0 Å². The standard InChI is InChI=1S/C20H24N2O5/c1-13(2)27-15-7-5-14(6-8-15)21-19(23)12-20(24)22-17-10-9-16(25-3)11-18(17)26-4/h5-11,13H,12H2,1-4H3,(H,21,23)(H,22,24). The molecule has 7 heteroatoms. The van der Waals surface area contributed by atoms with Gasteiger partial charge in [0, 0.05) is 11.8 Å². The third-order valence-corrected chi connectivity index (χ3v) is 3.51. The number of ether oxygens (including phenoxy) is 3. The van der Waals surface area contributed by atoms with Crippen molar-refractivity contribution in [3.8, 4) is 17.2 Å². The quantitative estimate of drug-likeness (QED) is 0.693. The minimum absolute atomic E-state index is 0.0732. The normalized spacial score (nSPS) is 10.3. The first-order valence-electron chi connectivity index (χ1n) is 8.49. The molecule has 0 aliphatic carbocycles. The zero-order chi connectivity index (χ0) is 19.8. The highest BCUT2D eigenvalue weighted by Crippen LogP contribution is 2.29. The molecule has 2 rings (SSSR count). The van der Waals surface area contributed by atoms with Crippen LogP contribution in [0.2, 0.25) is 0 Å². The molecule has 0 spiro atoms. The average Bonchev–Trinajstić information content (AvgIpc) is 2.63. The van der Waals surface area contributed by atoms with E-state index < -0.39 is 11.8 Å². The molecule has 2 N–H and O–H groups in total. The highest BCUT2D eigenvalue weighted by molar-refractivity contribution is 6.08. The first-order valence-corrected chi connectivity index (χ1v) is 8.49. The fraction of sp³-hybridized carbons (Fsp3) is 0.300. The van der Waals surface area contributed by atoms with Gasteiger partial charge >= 0.3 is 0 Å². The summed E-state index contributed by atoms with van der Waals surface area (Å²) in [5.74, 6) is 0.900. The summed E-state index contributed by atoms with van der Waals surface area (Å²) < 4.78 is 15.9. The van der Waals surface area contributed by atoms with Gasteiger partial charge in [-0.15, -0.1) is 0 Å². The van der Waals surface area contributed by atoms with Crippen LogP contribution in [0.4, 0.5) is 11.4 Å². The van der Waals surface area contributed by atoms with Gasteiger partial charge in [-0.2, -0.15) is 0 Å². The van der Waals surface area contributed by atoms with Gasteiger partial charge in [0.15, 0.2) is 0 Å². The minimum Gasteiger partial charge on any atom is -0.497 e. The van der Waals surface area contributed by atoms with Crippen LogP contribution in [0.15, 0.2) is 42.5 Å². The van der Waals surface area contributed by atoms with Crippen LogP contribution in [0.3, 0.4) is 0 Å². The van der Waals surface area contributed by atoms with Gasteiger partial charge in [0.2, 0.25) is 11.8 Å². The van der Waals surface area contributed by atoms with Gasteiger partial charge in [-0.3, -0.25) is 9.59 Å². The second kappa shape index (κ2) is 9.47. The molecule has 0 fully saturated rings. The van der Waals surface area contributed by atoms with Crippen LogP contribution in [0.1, 0.15) is 20.3 Å². The number of carbonyl (C=O) groups excluding carboxylic acids is 2. The summed E-state index contributed by atoms with van der Waals surface area (Å²) in [4.78, 5) is 24.2. The van der Waals surface area contributed by atoms with Crippen molar-refractivity contribution in [1.82, 2.24) is 0 Å². The van der Waals surface area contributed by atoms with Gasteiger partial charge in [0.25, 0.3) is 0 Å². The molecule has 2 amide bonds. The Labute approximate surface area is 158 Å². The smallest absolute Gasteiger partial charge is 0.233 e. The van der Waals surface area contributed by atoms with Crippen molar-refractivity contribution in [2.24, 2.45) is 0 Å². The van der Waals surface area contributed by atoms with E-state index in [2.05, 4.69) is 10.6 Å². The summed E-state index contributed by atoms with van der Waals surface area (Å²) in [7, 11) is 3.03. The number of benzene rings is 2. The Hall–Kier alpha value is -3.22. The number of rotatable bonds is 8. The molecule has 144 valence electrons. The summed E-state index contributed by atoms with van der Waals surface area (Å²) in [5, 5.41) is 5.34. The van der Waals surface area contributed by atoms with E-state index >= 15 is 0 Å². The molecule has 2 aromatic rings. The van der Waals surface area contributed by atoms with Crippen LogP contribution in [-0.2, 0) is 9.59 Å². The molecule has 0 heterocycles. The molecule has 0 aliphatic rings. The fourth-order valence-electron chi connectivity index (χ4n) is 2.34. The van der Waals surface area contributed by atoms with E-state index in [1.165, 1.54) is 7.11 Å². The largest absolute Gasteiger partial charge is 0.497 e. The van der Waals surface area contributed by atoms with Gasteiger partial charge < -0.3 is 24.8 Å². The Bertz CT molecular complexity index is 787. The van der Waals surface area contributed by atoms with E-state index in [-0.39, 0.29) is 12.5 Å². The van der Waals surface area contributed by atoms with Crippen molar-refractivity contribution in [3.63, 3.8) is 0 Å². The van der Waals surface area contributed by atoms with Crippen LogP contribution < -0.4 is 24.8 Å². The molecular formula is C20H24N2O5.